The van der Waals surface area contributed by atoms with Crippen LogP contribution in [0.3, 0.4) is 0 Å². The summed E-state index contributed by atoms with van der Waals surface area (Å²) in [6, 6.07) is 5.99. The molecule has 4 nitrogen and oxygen atoms in total. The summed E-state index contributed by atoms with van der Waals surface area (Å²) in [5, 5.41) is 3.27. The molecule has 0 aromatic heterocycles. The van der Waals surface area contributed by atoms with Gasteiger partial charge in [-0.2, -0.15) is 0 Å². The topological polar surface area (TPSA) is 41.6 Å². The standard InChI is InChI=1S/C14H19BrN2O2.ClH/c1-16-11-5-7-17(8-6-11)14(18)10-3-4-13(19-2)12(15)9-10;/h3-4,9,11,16H,5-8H2,1-2H3;1H. The minimum atomic E-state index is 0. The summed E-state index contributed by atoms with van der Waals surface area (Å²) in [7, 11) is 3.59. The first-order valence-electron chi connectivity index (χ1n) is 6.45. The highest BCUT2D eigenvalue weighted by molar-refractivity contribution is 9.10. The molecular weight excluding hydrogens is 344 g/mol. The first kappa shape index (κ1) is 17.3. The fourth-order valence-electron chi connectivity index (χ4n) is 2.35. The quantitative estimate of drug-likeness (QED) is 0.898. The van der Waals surface area contributed by atoms with E-state index < -0.39 is 0 Å². The van der Waals surface area contributed by atoms with E-state index in [1.54, 1.807) is 7.11 Å². The zero-order chi connectivity index (χ0) is 13.8. The number of amides is 1. The van der Waals surface area contributed by atoms with Crippen LogP contribution in [-0.2, 0) is 0 Å². The first-order valence-corrected chi connectivity index (χ1v) is 7.25. The molecule has 1 aromatic carbocycles. The maximum Gasteiger partial charge on any atom is 0.253 e. The number of nitrogens with zero attached hydrogens (tertiary/aromatic N) is 1. The summed E-state index contributed by atoms with van der Waals surface area (Å²) in [5.74, 6) is 0.836. The molecule has 0 atom stereocenters. The molecule has 112 valence electrons. The van der Waals surface area contributed by atoms with Crippen molar-refractivity contribution < 1.29 is 9.53 Å². The molecule has 2 rings (SSSR count). The van der Waals surface area contributed by atoms with Crippen LogP contribution in [-0.4, -0.2) is 44.1 Å². The van der Waals surface area contributed by atoms with Crippen LogP contribution in [0.4, 0.5) is 0 Å². The summed E-state index contributed by atoms with van der Waals surface area (Å²) < 4.78 is 5.98. The molecular formula is C14H20BrClN2O2. The maximum absolute atomic E-state index is 12.4. The molecule has 1 aromatic rings. The lowest BCUT2D eigenvalue weighted by Gasteiger charge is -2.31. The third-order valence-corrected chi connectivity index (χ3v) is 4.21. The van der Waals surface area contributed by atoms with E-state index in [-0.39, 0.29) is 18.3 Å². The highest BCUT2D eigenvalue weighted by Gasteiger charge is 2.23. The number of carbonyl (C=O) groups is 1. The number of hydrogen-bond acceptors (Lipinski definition) is 3. The average molecular weight is 364 g/mol. The van der Waals surface area contributed by atoms with Gasteiger partial charge in [0.25, 0.3) is 5.91 Å². The van der Waals surface area contributed by atoms with Gasteiger partial charge in [-0.05, 0) is 54.0 Å². The predicted molar refractivity (Wildman–Crippen MR) is 85.9 cm³/mol. The first-order chi connectivity index (χ1) is 9.15. The Hall–Kier alpha value is -0.780. The van der Waals surface area contributed by atoms with Crippen LogP contribution in [0.1, 0.15) is 23.2 Å². The van der Waals surface area contributed by atoms with Crippen molar-refractivity contribution in [1.29, 1.82) is 0 Å². The van der Waals surface area contributed by atoms with E-state index in [2.05, 4.69) is 21.2 Å². The SMILES string of the molecule is CNC1CCN(C(=O)c2ccc(OC)c(Br)c2)CC1.Cl. The van der Waals surface area contributed by atoms with Crippen molar-refractivity contribution in [1.82, 2.24) is 10.2 Å². The van der Waals surface area contributed by atoms with Crippen LogP contribution < -0.4 is 10.1 Å². The zero-order valence-corrected chi connectivity index (χ0v) is 14.1. The van der Waals surface area contributed by atoms with Crippen molar-refractivity contribution in [2.24, 2.45) is 0 Å². The third-order valence-electron chi connectivity index (χ3n) is 3.59. The molecule has 1 saturated heterocycles. The van der Waals surface area contributed by atoms with Crippen molar-refractivity contribution >= 4 is 34.2 Å². The third kappa shape index (κ3) is 3.87. The maximum atomic E-state index is 12.4. The van der Waals surface area contributed by atoms with Crippen molar-refractivity contribution in [3.8, 4) is 5.75 Å². The molecule has 0 bridgehead atoms. The Morgan fingerprint density at radius 1 is 1.40 bits per heavy atom. The summed E-state index contributed by atoms with van der Waals surface area (Å²) in [6.45, 7) is 1.63. The minimum Gasteiger partial charge on any atom is -0.496 e. The molecule has 1 heterocycles. The Labute approximate surface area is 134 Å². The Balaban J connectivity index is 0.00000200. The van der Waals surface area contributed by atoms with E-state index in [0.29, 0.717) is 11.6 Å². The second-order valence-electron chi connectivity index (χ2n) is 4.70. The lowest BCUT2D eigenvalue weighted by molar-refractivity contribution is 0.0707. The number of halogens is 2. The van der Waals surface area contributed by atoms with Gasteiger partial charge in [-0.1, -0.05) is 0 Å². The Morgan fingerprint density at radius 2 is 2.05 bits per heavy atom. The van der Waals surface area contributed by atoms with Crippen molar-refractivity contribution in [2.45, 2.75) is 18.9 Å². The van der Waals surface area contributed by atoms with Crippen LogP contribution in [0.15, 0.2) is 22.7 Å². The fraction of sp³-hybridized carbons (Fsp3) is 0.500. The number of piperidine rings is 1. The van der Waals surface area contributed by atoms with Gasteiger partial charge in [0.05, 0.1) is 11.6 Å². The molecule has 1 aliphatic rings. The van der Waals surface area contributed by atoms with Gasteiger partial charge in [0.15, 0.2) is 0 Å². The van der Waals surface area contributed by atoms with Gasteiger partial charge in [0, 0.05) is 24.7 Å². The summed E-state index contributed by atoms with van der Waals surface area (Å²) in [4.78, 5) is 14.3. The van der Waals surface area contributed by atoms with Gasteiger partial charge < -0.3 is 15.0 Å². The molecule has 0 unspecified atom stereocenters. The second kappa shape index (κ2) is 7.86. The second-order valence-corrected chi connectivity index (χ2v) is 5.56. The number of nitrogens with one attached hydrogen (secondary N) is 1. The van der Waals surface area contributed by atoms with Crippen LogP contribution in [0.2, 0.25) is 0 Å². The van der Waals surface area contributed by atoms with Crippen LogP contribution in [0.25, 0.3) is 0 Å². The molecule has 1 fully saturated rings. The minimum absolute atomic E-state index is 0. The van der Waals surface area contributed by atoms with E-state index in [4.69, 9.17) is 4.74 Å². The van der Waals surface area contributed by atoms with E-state index in [1.807, 2.05) is 30.1 Å². The number of benzene rings is 1. The van der Waals surface area contributed by atoms with Crippen LogP contribution >= 0.6 is 28.3 Å². The number of methoxy groups -OCH3 is 1. The molecule has 6 heteroatoms. The average Bonchev–Trinajstić information content (AvgIpc) is 2.46. The van der Waals surface area contributed by atoms with Gasteiger partial charge in [-0.15, -0.1) is 12.4 Å². The van der Waals surface area contributed by atoms with Crippen LogP contribution in [0, 0.1) is 0 Å². The van der Waals surface area contributed by atoms with E-state index in [9.17, 15) is 4.79 Å². The fourth-order valence-corrected chi connectivity index (χ4v) is 2.89. The van der Waals surface area contributed by atoms with Crippen molar-refractivity contribution in [3.05, 3.63) is 28.2 Å². The van der Waals surface area contributed by atoms with Gasteiger partial charge in [-0.25, -0.2) is 0 Å². The highest BCUT2D eigenvalue weighted by atomic mass is 79.9. The number of ether oxygens (including phenoxy) is 1. The summed E-state index contributed by atoms with van der Waals surface area (Å²) in [6.07, 6.45) is 2.03. The predicted octanol–water partition coefficient (Wildman–Crippen LogP) is 2.70. The smallest absolute Gasteiger partial charge is 0.253 e. The molecule has 0 saturated carbocycles. The Morgan fingerprint density at radius 3 is 2.55 bits per heavy atom. The number of likely N-dealkylation sites (tertiary alicyclic amines) is 1. The van der Waals surface area contributed by atoms with Crippen molar-refractivity contribution in [3.63, 3.8) is 0 Å². The highest BCUT2D eigenvalue weighted by Crippen LogP contribution is 2.26. The molecule has 0 spiro atoms. The Bertz CT molecular complexity index is 462. The molecule has 20 heavy (non-hydrogen) atoms. The largest absolute Gasteiger partial charge is 0.496 e. The molecule has 0 radical (unpaired) electrons. The summed E-state index contributed by atoms with van der Waals surface area (Å²) in [5.41, 5.74) is 0.704. The van der Waals surface area contributed by atoms with Gasteiger partial charge in [0.2, 0.25) is 0 Å². The normalized spacial score (nSPS) is 15.7. The van der Waals surface area contributed by atoms with Gasteiger partial charge in [-0.3, -0.25) is 4.79 Å². The number of hydrogen-bond donors (Lipinski definition) is 1. The lowest BCUT2D eigenvalue weighted by Crippen LogP contribution is -2.43. The van der Waals surface area contributed by atoms with Crippen LogP contribution in [0.5, 0.6) is 5.75 Å². The van der Waals surface area contributed by atoms with Crippen molar-refractivity contribution in [2.75, 3.05) is 27.2 Å². The molecule has 0 aliphatic carbocycles. The monoisotopic (exact) mass is 362 g/mol. The van der Waals surface area contributed by atoms with Gasteiger partial charge in [0.1, 0.15) is 5.75 Å². The molecule has 1 N–H and O–H groups in total. The van der Waals surface area contributed by atoms with E-state index >= 15 is 0 Å². The van der Waals surface area contributed by atoms with E-state index in [1.165, 1.54) is 0 Å². The lowest BCUT2D eigenvalue weighted by atomic mass is 10.0. The molecule has 1 aliphatic heterocycles. The zero-order valence-electron chi connectivity index (χ0n) is 11.7. The Kier molecular flexibility index (Phi) is 6.79. The number of rotatable bonds is 3. The number of carbonyl (C=O) groups excluding carboxylic acids is 1. The molecule has 1 amide bonds. The van der Waals surface area contributed by atoms with E-state index in [0.717, 1.165) is 36.2 Å². The summed E-state index contributed by atoms with van der Waals surface area (Å²) >= 11 is 3.41. The van der Waals surface area contributed by atoms with Gasteiger partial charge >= 0.3 is 0 Å².